The second-order valence-corrected chi connectivity index (χ2v) is 4.50. The first-order chi connectivity index (χ1) is 7.77. The summed E-state index contributed by atoms with van der Waals surface area (Å²) >= 11 is 0. The maximum atomic E-state index is 11.8. The highest BCUT2D eigenvalue weighted by Crippen LogP contribution is 2.22. The van der Waals surface area contributed by atoms with Crippen molar-refractivity contribution in [1.29, 1.82) is 0 Å². The molecule has 0 saturated heterocycles. The quantitative estimate of drug-likeness (QED) is 0.868. The van der Waals surface area contributed by atoms with E-state index in [0.717, 1.165) is 0 Å². The Hall–Kier alpha value is -1.65. The number of carboxylic acids is 1. The molecular formula is C12H18N2O3. The van der Waals surface area contributed by atoms with Gasteiger partial charge in [-0.1, -0.05) is 0 Å². The number of aliphatic carboxylic acids is 1. The Morgan fingerprint density at radius 3 is 2.24 bits per heavy atom. The first-order valence-corrected chi connectivity index (χ1v) is 5.59. The average Bonchev–Trinajstić information content (AvgIpc) is 2.15. The first kappa shape index (κ1) is 13.4. The SMILES string of the molecule is Cc1nc(=O)n(C(C)C)c(C)c1C(C)C(=O)O. The molecule has 17 heavy (non-hydrogen) atoms. The zero-order chi connectivity index (χ0) is 13.3. The van der Waals surface area contributed by atoms with Gasteiger partial charge in [-0.3, -0.25) is 9.36 Å². The third-order valence-corrected chi connectivity index (χ3v) is 2.93. The monoisotopic (exact) mass is 238 g/mol. The Morgan fingerprint density at radius 2 is 1.82 bits per heavy atom. The van der Waals surface area contributed by atoms with Gasteiger partial charge in [-0.2, -0.15) is 4.98 Å². The minimum Gasteiger partial charge on any atom is -0.481 e. The van der Waals surface area contributed by atoms with Gasteiger partial charge in [0.2, 0.25) is 0 Å². The van der Waals surface area contributed by atoms with Crippen LogP contribution in [0.15, 0.2) is 4.79 Å². The molecular weight excluding hydrogens is 220 g/mol. The van der Waals surface area contributed by atoms with E-state index in [4.69, 9.17) is 5.11 Å². The lowest BCUT2D eigenvalue weighted by molar-refractivity contribution is -0.138. The molecule has 1 unspecified atom stereocenters. The van der Waals surface area contributed by atoms with Crippen molar-refractivity contribution in [2.45, 2.75) is 46.6 Å². The van der Waals surface area contributed by atoms with Crippen molar-refractivity contribution in [3.63, 3.8) is 0 Å². The summed E-state index contributed by atoms with van der Waals surface area (Å²) in [5.41, 5.74) is 1.49. The summed E-state index contributed by atoms with van der Waals surface area (Å²) in [4.78, 5) is 26.7. The largest absolute Gasteiger partial charge is 0.481 e. The molecule has 0 amide bonds. The molecule has 1 heterocycles. The van der Waals surface area contributed by atoms with Crippen LogP contribution >= 0.6 is 0 Å². The van der Waals surface area contributed by atoms with Gasteiger partial charge in [-0.15, -0.1) is 0 Å². The third-order valence-electron chi connectivity index (χ3n) is 2.93. The zero-order valence-electron chi connectivity index (χ0n) is 10.8. The van der Waals surface area contributed by atoms with Crippen molar-refractivity contribution < 1.29 is 9.90 Å². The lowest BCUT2D eigenvalue weighted by Crippen LogP contribution is -2.30. The van der Waals surface area contributed by atoms with Gasteiger partial charge in [0, 0.05) is 23.0 Å². The molecule has 0 aliphatic carbocycles. The summed E-state index contributed by atoms with van der Waals surface area (Å²) in [5.74, 6) is -1.57. The van der Waals surface area contributed by atoms with Gasteiger partial charge < -0.3 is 5.11 Å². The van der Waals surface area contributed by atoms with Crippen LogP contribution in [0.2, 0.25) is 0 Å². The van der Waals surface area contributed by atoms with E-state index >= 15 is 0 Å². The predicted molar refractivity (Wildman–Crippen MR) is 64.4 cm³/mol. The molecule has 94 valence electrons. The second-order valence-electron chi connectivity index (χ2n) is 4.50. The van der Waals surface area contributed by atoms with E-state index in [1.807, 2.05) is 13.8 Å². The van der Waals surface area contributed by atoms with Gasteiger partial charge in [0.1, 0.15) is 0 Å². The summed E-state index contributed by atoms with van der Waals surface area (Å²) in [6.07, 6.45) is 0. The fourth-order valence-electron chi connectivity index (χ4n) is 2.15. The maximum absolute atomic E-state index is 11.8. The molecule has 0 fully saturated rings. The fourth-order valence-corrected chi connectivity index (χ4v) is 2.15. The third kappa shape index (κ3) is 2.38. The van der Waals surface area contributed by atoms with Gasteiger partial charge in [0.15, 0.2) is 0 Å². The number of nitrogens with zero attached hydrogens (tertiary/aromatic N) is 2. The van der Waals surface area contributed by atoms with E-state index < -0.39 is 11.9 Å². The van der Waals surface area contributed by atoms with Crippen LogP contribution in [0.1, 0.15) is 49.7 Å². The fraction of sp³-hybridized carbons (Fsp3) is 0.583. The minimum absolute atomic E-state index is 0.0321. The molecule has 5 nitrogen and oxygen atoms in total. The molecule has 1 N–H and O–H groups in total. The van der Waals surface area contributed by atoms with Crippen molar-refractivity contribution in [2.24, 2.45) is 0 Å². The summed E-state index contributed by atoms with van der Waals surface area (Å²) < 4.78 is 1.53. The highest BCUT2D eigenvalue weighted by molar-refractivity contribution is 5.76. The summed E-state index contributed by atoms with van der Waals surface area (Å²) in [5, 5.41) is 9.07. The van der Waals surface area contributed by atoms with Crippen LogP contribution in [0.25, 0.3) is 0 Å². The molecule has 0 bridgehead atoms. The molecule has 0 saturated carbocycles. The average molecular weight is 238 g/mol. The van der Waals surface area contributed by atoms with E-state index in [2.05, 4.69) is 4.98 Å². The summed E-state index contributed by atoms with van der Waals surface area (Å²) in [6, 6.07) is -0.0321. The van der Waals surface area contributed by atoms with Crippen molar-refractivity contribution in [3.8, 4) is 0 Å². The Kier molecular flexibility index (Phi) is 3.70. The van der Waals surface area contributed by atoms with E-state index in [1.165, 1.54) is 4.57 Å². The van der Waals surface area contributed by atoms with Crippen LogP contribution in [-0.4, -0.2) is 20.6 Å². The molecule has 1 atom stereocenters. The Balaban J connectivity index is 3.57. The van der Waals surface area contributed by atoms with Crippen LogP contribution in [0.4, 0.5) is 0 Å². The molecule has 1 aromatic rings. The van der Waals surface area contributed by atoms with Crippen molar-refractivity contribution in [1.82, 2.24) is 9.55 Å². The number of carboxylic acid groups (broad SMARTS) is 1. The molecule has 0 aliphatic heterocycles. The standard InChI is InChI=1S/C12H18N2O3/c1-6(2)14-9(5)10(7(3)11(15)16)8(4)13-12(14)17/h6-7H,1-5H3,(H,15,16). The van der Waals surface area contributed by atoms with Gasteiger partial charge >= 0.3 is 11.7 Å². The number of carbonyl (C=O) groups is 1. The highest BCUT2D eigenvalue weighted by atomic mass is 16.4. The van der Waals surface area contributed by atoms with E-state index in [-0.39, 0.29) is 11.7 Å². The number of rotatable bonds is 3. The lowest BCUT2D eigenvalue weighted by Gasteiger charge is -2.20. The predicted octanol–water partition coefficient (Wildman–Crippen LogP) is 1.63. The Morgan fingerprint density at radius 1 is 1.29 bits per heavy atom. The lowest BCUT2D eigenvalue weighted by atomic mass is 9.98. The molecule has 1 rings (SSSR count). The number of hydrogen-bond donors (Lipinski definition) is 1. The highest BCUT2D eigenvalue weighted by Gasteiger charge is 2.22. The van der Waals surface area contributed by atoms with Gasteiger partial charge in [-0.05, 0) is 34.6 Å². The molecule has 0 radical (unpaired) electrons. The number of aromatic nitrogens is 2. The second kappa shape index (κ2) is 4.69. The van der Waals surface area contributed by atoms with Crippen LogP contribution in [0.3, 0.4) is 0 Å². The van der Waals surface area contributed by atoms with Crippen LogP contribution in [-0.2, 0) is 4.79 Å². The first-order valence-electron chi connectivity index (χ1n) is 5.59. The van der Waals surface area contributed by atoms with Crippen molar-refractivity contribution in [2.75, 3.05) is 0 Å². The van der Waals surface area contributed by atoms with Gasteiger partial charge in [0.05, 0.1) is 5.92 Å². The number of aryl methyl sites for hydroxylation is 1. The molecule has 0 spiro atoms. The van der Waals surface area contributed by atoms with Gasteiger partial charge in [-0.25, -0.2) is 4.79 Å². The normalized spacial score (nSPS) is 12.8. The molecule has 5 heteroatoms. The molecule has 0 aliphatic rings. The van der Waals surface area contributed by atoms with Crippen LogP contribution < -0.4 is 5.69 Å². The summed E-state index contributed by atoms with van der Waals surface area (Å²) in [6.45, 7) is 8.80. The van der Waals surface area contributed by atoms with Crippen LogP contribution in [0, 0.1) is 13.8 Å². The van der Waals surface area contributed by atoms with Gasteiger partial charge in [0.25, 0.3) is 0 Å². The van der Waals surface area contributed by atoms with E-state index in [9.17, 15) is 9.59 Å². The summed E-state index contributed by atoms with van der Waals surface area (Å²) in [7, 11) is 0. The maximum Gasteiger partial charge on any atom is 0.348 e. The van der Waals surface area contributed by atoms with E-state index in [0.29, 0.717) is 17.0 Å². The Labute approximate surface area is 100 Å². The van der Waals surface area contributed by atoms with Crippen LogP contribution in [0.5, 0.6) is 0 Å². The number of hydrogen-bond acceptors (Lipinski definition) is 3. The Bertz CT molecular complexity index is 503. The molecule has 1 aromatic heterocycles. The molecule has 0 aromatic carbocycles. The zero-order valence-corrected chi connectivity index (χ0v) is 10.8. The van der Waals surface area contributed by atoms with Crippen molar-refractivity contribution >= 4 is 5.97 Å². The van der Waals surface area contributed by atoms with E-state index in [1.54, 1.807) is 20.8 Å². The topological polar surface area (TPSA) is 72.2 Å². The minimum atomic E-state index is -0.910. The smallest absolute Gasteiger partial charge is 0.348 e. The van der Waals surface area contributed by atoms with Crippen molar-refractivity contribution in [3.05, 3.63) is 27.4 Å².